The molecule has 2 aromatic heterocycles. The van der Waals surface area contributed by atoms with Crippen LogP contribution in [0.3, 0.4) is 0 Å². The van der Waals surface area contributed by atoms with Gasteiger partial charge in [-0.1, -0.05) is 12.1 Å². The first-order valence-corrected chi connectivity index (χ1v) is 6.13. The molecule has 2 heterocycles. The highest BCUT2D eigenvalue weighted by Crippen LogP contribution is 2.18. The van der Waals surface area contributed by atoms with Gasteiger partial charge in [-0.2, -0.15) is 0 Å². The third-order valence-electron chi connectivity index (χ3n) is 2.72. The van der Waals surface area contributed by atoms with Crippen LogP contribution in [0, 0.1) is 0 Å². The first kappa shape index (κ1) is 11.8. The van der Waals surface area contributed by atoms with Crippen LogP contribution in [0.1, 0.15) is 31.3 Å². The number of esters is 1. The molecule has 0 amide bonds. The van der Waals surface area contributed by atoms with Crippen molar-refractivity contribution in [2.24, 2.45) is 0 Å². The lowest BCUT2D eigenvalue weighted by molar-refractivity contribution is 0.00636. The summed E-state index contributed by atoms with van der Waals surface area (Å²) in [7, 11) is 0. The zero-order chi connectivity index (χ0) is 13.6. The SMILES string of the molecule is CC(C)(C)OC(=O)c1cn2c(nc3ccccc32)[nH]1. The van der Waals surface area contributed by atoms with Crippen LogP contribution >= 0.6 is 0 Å². The van der Waals surface area contributed by atoms with E-state index < -0.39 is 5.60 Å². The van der Waals surface area contributed by atoms with Crippen LogP contribution in [0.4, 0.5) is 0 Å². The molecule has 98 valence electrons. The summed E-state index contributed by atoms with van der Waals surface area (Å²) in [5.74, 6) is 0.268. The van der Waals surface area contributed by atoms with Gasteiger partial charge in [-0.25, -0.2) is 9.78 Å². The molecule has 0 saturated carbocycles. The minimum atomic E-state index is -0.508. The highest BCUT2D eigenvalue weighted by atomic mass is 16.6. The Kier molecular flexibility index (Phi) is 2.38. The Morgan fingerprint density at radius 1 is 1.32 bits per heavy atom. The van der Waals surface area contributed by atoms with Crippen LogP contribution in [-0.4, -0.2) is 25.9 Å². The van der Waals surface area contributed by atoms with Gasteiger partial charge in [0, 0.05) is 6.20 Å². The average molecular weight is 257 g/mol. The number of aromatic amines is 1. The topological polar surface area (TPSA) is 59.4 Å². The van der Waals surface area contributed by atoms with Crippen molar-refractivity contribution in [2.45, 2.75) is 26.4 Å². The van der Waals surface area contributed by atoms with Gasteiger partial charge in [0.25, 0.3) is 0 Å². The number of carbonyl (C=O) groups excluding carboxylic acids is 1. The Morgan fingerprint density at radius 2 is 2.05 bits per heavy atom. The van der Waals surface area contributed by atoms with Gasteiger partial charge >= 0.3 is 5.97 Å². The van der Waals surface area contributed by atoms with Crippen LogP contribution in [0.2, 0.25) is 0 Å². The fourth-order valence-corrected chi connectivity index (χ4v) is 1.98. The number of hydrogen-bond donors (Lipinski definition) is 1. The molecule has 1 N–H and O–H groups in total. The Hall–Kier alpha value is -2.30. The zero-order valence-electron chi connectivity index (χ0n) is 11.1. The summed E-state index contributed by atoms with van der Waals surface area (Å²) in [5, 5.41) is 0. The molecule has 0 aliphatic rings. The number of nitrogens with one attached hydrogen (secondary N) is 1. The third kappa shape index (κ3) is 2.07. The zero-order valence-corrected chi connectivity index (χ0v) is 11.1. The van der Waals surface area contributed by atoms with E-state index in [1.807, 2.05) is 49.4 Å². The van der Waals surface area contributed by atoms with Crippen LogP contribution in [0.15, 0.2) is 30.5 Å². The highest BCUT2D eigenvalue weighted by Gasteiger charge is 2.20. The fourth-order valence-electron chi connectivity index (χ4n) is 1.98. The highest BCUT2D eigenvalue weighted by molar-refractivity contribution is 5.89. The quantitative estimate of drug-likeness (QED) is 0.682. The summed E-state index contributed by atoms with van der Waals surface area (Å²) in [6.07, 6.45) is 1.72. The minimum absolute atomic E-state index is 0.373. The van der Waals surface area contributed by atoms with Crippen molar-refractivity contribution in [1.82, 2.24) is 14.4 Å². The first-order valence-electron chi connectivity index (χ1n) is 6.13. The molecule has 19 heavy (non-hydrogen) atoms. The summed E-state index contributed by atoms with van der Waals surface area (Å²) < 4.78 is 7.18. The predicted molar refractivity (Wildman–Crippen MR) is 72.2 cm³/mol. The van der Waals surface area contributed by atoms with Gasteiger partial charge in [-0.15, -0.1) is 0 Å². The summed E-state index contributed by atoms with van der Waals surface area (Å²) in [4.78, 5) is 19.4. The molecular formula is C14H15N3O2. The first-order chi connectivity index (χ1) is 8.94. The van der Waals surface area contributed by atoms with Gasteiger partial charge in [0.1, 0.15) is 11.3 Å². The summed E-state index contributed by atoms with van der Waals surface area (Å²) >= 11 is 0. The van der Waals surface area contributed by atoms with E-state index in [1.165, 1.54) is 0 Å². The lowest BCUT2D eigenvalue weighted by Gasteiger charge is -2.18. The number of rotatable bonds is 1. The van der Waals surface area contributed by atoms with Crippen LogP contribution in [0.5, 0.6) is 0 Å². The Labute approximate surface area is 110 Å². The van der Waals surface area contributed by atoms with Crippen molar-refractivity contribution < 1.29 is 9.53 Å². The number of para-hydroxylation sites is 2. The molecule has 0 saturated heterocycles. The monoisotopic (exact) mass is 257 g/mol. The van der Waals surface area contributed by atoms with Gasteiger partial charge < -0.3 is 9.72 Å². The second-order valence-electron chi connectivity index (χ2n) is 5.46. The van der Waals surface area contributed by atoms with E-state index in [9.17, 15) is 4.79 Å². The molecule has 0 spiro atoms. The van der Waals surface area contributed by atoms with Crippen LogP contribution < -0.4 is 0 Å². The number of H-pyrrole nitrogens is 1. The van der Waals surface area contributed by atoms with Crippen LogP contribution in [0.25, 0.3) is 16.8 Å². The van der Waals surface area contributed by atoms with E-state index in [0.717, 1.165) is 11.0 Å². The van der Waals surface area contributed by atoms with E-state index in [2.05, 4.69) is 9.97 Å². The maximum absolute atomic E-state index is 12.0. The lowest BCUT2D eigenvalue weighted by atomic mass is 10.2. The maximum atomic E-state index is 12.0. The Bertz CT molecular complexity index is 762. The molecule has 0 fully saturated rings. The Balaban J connectivity index is 2.05. The normalized spacial score (nSPS) is 12.2. The summed E-state index contributed by atoms with van der Waals surface area (Å²) in [6.45, 7) is 5.52. The minimum Gasteiger partial charge on any atom is -0.455 e. The molecule has 0 unspecified atom stereocenters. The maximum Gasteiger partial charge on any atom is 0.356 e. The molecule has 5 nitrogen and oxygen atoms in total. The van der Waals surface area contributed by atoms with E-state index in [1.54, 1.807) is 6.20 Å². The van der Waals surface area contributed by atoms with Crippen molar-refractivity contribution in [3.63, 3.8) is 0 Å². The predicted octanol–water partition coefficient (Wildman–Crippen LogP) is 2.77. The number of carbonyl (C=O) groups is 1. The molecule has 1 aromatic carbocycles. The number of aromatic nitrogens is 3. The largest absolute Gasteiger partial charge is 0.455 e. The van der Waals surface area contributed by atoms with Crippen LogP contribution in [-0.2, 0) is 4.74 Å². The van der Waals surface area contributed by atoms with Crippen molar-refractivity contribution in [3.8, 4) is 0 Å². The summed E-state index contributed by atoms with van der Waals surface area (Å²) in [6, 6.07) is 7.77. The number of benzene rings is 1. The number of hydrogen-bond acceptors (Lipinski definition) is 3. The van der Waals surface area contributed by atoms with Crippen molar-refractivity contribution in [1.29, 1.82) is 0 Å². The average Bonchev–Trinajstić information content (AvgIpc) is 2.83. The van der Waals surface area contributed by atoms with Crippen molar-refractivity contribution in [3.05, 3.63) is 36.2 Å². The molecule has 5 heteroatoms. The second kappa shape index (κ2) is 3.85. The summed E-state index contributed by atoms with van der Waals surface area (Å²) in [5.41, 5.74) is 1.75. The molecule has 3 rings (SSSR count). The van der Waals surface area contributed by atoms with Crippen molar-refractivity contribution >= 4 is 22.8 Å². The van der Waals surface area contributed by atoms with Gasteiger partial charge in [-0.3, -0.25) is 4.40 Å². The van der Waals surface area contributed by atoms with E-state index in [-0.39, 0.29) is 5.97 Å². The number of nitrogens with zero attached hydrogens (tertiary/aromatic N) is 2. The van der Waals surface area contributed by atoms with Gasteiger partial charge in [-0.05, 0) is 32.9 Å². The molecule has 0 bridgehead atoms. The molecule has 0 atom stereocenters. The van der Waals surface area contributed by atoms with E-state index >= 15 is 0 Å². The standard InChI is InChI=1S/C14H15N3O2/c1-14(2,3)19-12(18)10-8-17-11-7-5-4-6-9(11)15-13(17)16-10/h4-8H,1-3H3,(H,15,16). The number of fused-ring (bicyclic) bond motifs is 3. The molecule has 0 aliphatic heterocycles. The van der Waals surface area contributed by atoms with Crippen molar-refractivity contribution in [2.75, 3.05) is 0 Å². The molecular weight excluding hydrogens is 242 g/mol. The smallest absolute Gasteiger partial charge is 0.356 e. The molecule has 0 radical (unpaired) electrons. The van der Waals surface area contributed by atoms with E-state index in [0.29, 0.717) is 11.5 Å². The van der Waals surface area contributed by atoms with Gasteiger partial charge in [0.2, 0.25) is 5.78 Å². The van der Waals surface area contributed by atoms with Gasteiger partial charge in [0.15, 0.2) is 0 Å². The van der Waals surface area contributed by atoms with Gasteiger partial charge in [0.05, 0.1) is 11.0 Å². The second-order valence-corrected chi connectivity index (χ2v) is 5.46. The van der Waals surface area contributed by atoms with E-state index in [4.69, 9.17) is 4.74 Å². The third-order valence-corrected chi connectivity index (χ3v) is 2.72. The number of ether oxygens (including phenoxy) is 1. The Morgan fingerprint density at radius 3 is 2.79 bits per heavy atom. The molecule has 3 aromatic rings. The fraction of sp³-hybridized carbons (Fsp3) is 0.286. The lowest BCUT2D eigenvalue weighted by Crippen LogP contribution is -2.24. The molecule has 0 aliphatic carbocycles. The number of imidazole rings is 2.